The third-order valence-corrected chi connectivity index (χ3v) is 3.51. The molecule has 0 aromatic heterocycles. The Bertz CT molecular complexity index is 813. The van der Waals surface area contributed by atoms with E-state index in [1.165, 1.54) is 25.3 Å². The molecule has 0 saturated heterocycles. The van der Waals surface area contributed by atoms with Crippen molar-refractivity contribution in [3.63, 3.8) is 0 Å². The Morgan fingerprint density at radius 3 is 2.31 bits per heavy atom. The van der Waals surface area contributed by atoms with Gasteiger partial charge in [0.1, 0.15) is 0 Å². The van der Waals surface area contributed by atoms with E-state index in [9.17, 15) is 14.4 Å². The molecule has 1 amide bonds. The molecule has 2 N–H and O–H groups in total. The maximum Gasteiger partial charge on any atom is 0.311 e. The van der Waals surface area contributed by atoms with E-state index in [1.54, 1.807) is 31.2 Å². The Kier molecular flexibility index (Phi) is 6.32. The molecule has 136 valence electrons. The lowest BCUT2D eigenvalue weighted by atomic mass is 10.1. The average Bonchev–Trinajstić information content (AvgIpc) is 2.63. The van der Waals surface area contributed by atoms with Crippen molar-refractivity contribution in [3.8, 4) is 11.5 Å². The van der Waals surface area contributed by atoms with Gasteiger partial charge in [-0.15, -0.1) is 0 Å². The molecule has 2 rings (SSSR count). The van der Waals surface area contributed by atoms with Crippen LogP contribution in [0.1, 0.15) is 29.3 Å². The molecule has 2 aromatic rings. The zero-order valence-electron chi connectivity index (χ0n) is 14.4. The molecule has 7 nitrogen and oxygen atoms in total. The number of methoxy groups -OCH3 is 1. The Morgan fingerprint density at radius 2 is 1.73 bits per heavy atom. The lowest BCUT2D eigenvalue weighted by Crippen LogP contribution is -2.13. The summed E-state index contributed by atoms with van der Waals surface area (Å²) >= 11 is 0. The van der Waals surface area contributed by atoms with Crippen molar-refractivity contribution in [1.82, 2.24) is 0 Å². The van der Waals surface area contributed by atoms with Gasteiger partial charge in [-0.25, -0.2) is 0 Å². The number of aliphatic carboxylic acids is 1. The smallest absolute Gasteiger partial charge is 0.311 e. The van der Waals surface area contributed by atoms with Crippen molar-refractivity contribution in [2.45, 2.75) is 19.8 Å². The lowest BCUT2D eigenvalue weighted by Gasteiger charge is -2.11. The van der Waals surface area contributed by atoms with E-state index in [0.29, 0.717) is 16.8 Å². The summed E-state index contributed by atoms with van der Waals surface area (Å²) in [5, 5.41) is 11.5. The van der Waals surface area contributed by atoms with Crippen LogP contribution in [-0.2, 0) is 16.0 Å². The van der Waals surface area contributed by atoms with Crippen LogP contribution in [0, 0.1) is 0 Å². The van der Waals surface area contributed by atoms with Crippen molar-refractivity contribution in [1.29, 1.82) is 0 Å². The molecule has 0 fully saturated rings. The fraction of sp³-hybridized carbons (Fsp3) is 0.211. The number of rotatable bonds is 7. The number of esters is 1. The Hall–Kier alpha value is -3.35. The molecule has 0 spiro atoms. The number of carbonyl (C=O) groups excluding carboxylic acids is 2. The molecule has 26 heavy (non-hydrogen) atoms. The van der Waals surface area contributed by atoms with Gasteiger partial charge >= 0.3 is 11.9 Å². The van der Waals surface area contributed by atoms with E-state index in [4.69, 9.17) is 14.6 Å². The van der Waals surface area contributed by atoms with Crippen LogP contribution in [0.4, 0.5) is 5.69 Å². The van der Waals surface area contributed by atoms with Crippen LogP contribution < -0.4 is 14.8 Å². The van der Waals surface area contributed by atoms with Gasteiger partial charge in [-0.1, -0.05) is 19.1 Å². The summed E-state index contributed by atoms with van der Waals surface area (Å²) in [7, 11) is 1.42. The van der Waals surface area contributed by atoms with Gasteiger partial charge in [-0.3, -0.25) is 14.4 Å². The minimum atomic E-state index is -0.919. The van der Waals surface area contributed by atoms with Crippen molar-refractivity contribution in [2.24, 2.45) is 0 Å². The zero-order chi connectivity index (χ0) is 19.1. The fourth-order valence-electron chi connectivity index (χ4n) is 2.17. The van der Waals surface area contributed by atoms with Gasteiger partial charge < -0.3 is 19.9 Å². The minimum absolute atomic E-state index is 0.0800. The van der Waals surface area contributed by atoms with E-state index < -0.39 is 11.9 Å². The van der Waals surface area contributed by atoms with Crippen LogP contribution in [0.2, 0.25) is 0 Å². The molecule has 0 saturated carbocycles. The zero-order valence-corrected chi connectivity index (χ0v) is 14.4. The number of carboxylic acid groups (broad SMARTS) is 1. The summed E-state index contributed by atoms with van der Waals surface area (Å²) in [4.78, 5) is 34.5. The van der Waals surface area contributed by atoms with Gasteiger partial charge in [-0.05, 0) is 35.9 Å². The normalized spacial score (nSPS) is 10.1. The summed E-state index contributed by atoms with van der Waals surface area (Å²) in [6.45, 7) is 1.68. The van der Waals surface area contributed by atoms with Gasteiger partial charge in [0.05, 0.1) is 13.5 Å². The molecule has 0 bridgehead atoms. The van der Waals surface area contributed by atoms with Gasteiger partial charge in [-0.2, -0.15) is 0 Å². The van der Waals surface area contributed by atoms with Crippen LogP contribution in [0.3, 0.4) is 0 Å². The first kappa shape index (κ1) is 19.0. The highest BCUT2D eigenvalue weighted by Gasteiger charge is 2.13. The van der Waals surface area contributed by atoms with Crippen LogP contribution in [0.15, 0.2) is 42.5 Å². The van der Waals surface area contributed by atoms with E-state index in [0.717, 1.165) is 0 Å². The predicted octanol–water partition coefficient (Wildman–Crippen LogP) is 2.89. The van der Waals surface area contributed by atoms with E-state index in [2.05, 4.69) is 5.32 Å². The second kappa shape index (κ2) is 8.66. The standard InChI is InChI=1S/C19H19NO6/c1-3-18(23)26-15-9-6-13(11-16(15)25-2)19(24)20-14-7-4-12(5-8-14)10-17(21)22/h4-9,11H,3,10H2,1-2H3,(H,20,24)(H,21,22). The summed E-state index contributed by atoms with van der Waals surface area (Å²) in [5.41, 5.74) is 1.50. The van der Waals surface area contributed by atoms with Gasteiger partial charge in [0, 0.05) is 17.7 Å². The highest BCUT2D eigenvalue weighted by atomic mass is 16.6. The first-order valence-electron chi connectivity index (χ1n) is 7.93. The molecule has 0 heterocycles. The molecule has 0 atom stereocenters. The Morgan fingerprint density at radius 1 is 1.04 bits per heavy atom. The second-order valence-electron chi connectivity index (χ2n) is 5.41. The Labute approximate surface area is 150 Å². The number of ether oxygens (including phenoxy) is 2. The number of anilines is 1. The van der Waals surface area contributed by atoms with E-state index in [-0.39, 0.29) is 30.2 Å². The third kappa shape index (κ3) is 5.07. The first-order valence-corrected chi connectivity index (χ1v) is 7.93. The molecule has 0 aliphatic carbocycles. The summed E-state index contributed by atoms with van der Waals surface area (Å²) in [6, 6.07) is 11.0. The summed E-state index contributed by atoms with van der Waals surface area (Å²) in [6.07, 6.45) is 0.145. The van der Waals surface area contributed by atoms with E-state index >= 15 is 0 Å². The largest absolute Gasteiger partial charge is 0.493 e. The minimum Gasteiger partial charge on any atom is -0.493 e. The van der Waals surface area contributed by atoms with Crippen LogP contribution in [0.5, 0.6) is 11.5 Å². The van der Waals surface area contributed by atoms with Crippen molar-refractivity contribution in [3.05, 3.63) is 53.6 Å². The van der Waals surface area contributed by atoms with Crippen molar-refractivity contribution < 1.29 is 29.0 Å². The number of carbonyl (C=O) groups is 3. The first-order chi connectivity index (χ1) is 12.4. The van der Waals surface area contributed by atoms with E-state index in [1.807, 2.05) is 0 Å². The quantitative estimate of drug-likeness (QED) is 0.583. The molecule has 0 radical (unpaired) electrons. The third-order valence-electron chi connectivity index (χ3n) is 3.51. The maximum atomic E-state index is 12.4. The van der Waals surface area contributed by atoms with Crippen LogP contribution in [0.25, 0.3) is 0 Å². The van der Waals surface area contributed by atoms with Gasteiger partial charge in [0.25, 0.3) is 5.91 Å². The molecule has 7 heteroatoms. The molecule has 0 unspecified atom stereocenters. The highest BCUT2D eigenvalue weighted by Crippen LogP contribution is 2.28. The second-order valence-corrected chi connectivity index (χ2v) is 5.41. The number of benzene rings is 2. The average molecular weight is 357 g/mol. The van der Waals surface area contributed by atoms with Crippen LogP contribution in [-0.4, -0.2) is 30.1 Å². The topological polar surface area (TPSA) is 102 Å². The summed E-state index contributed by atoms with van der Waals surface area (Å²) < 4.78 is 10.3. The number of amides is 1. The number of hydrogen-bond donors (Lipinski definition) is 2. The van der Waals surface area contributed by atoms with Crippen molar-refractivity contribution >= 4 is 23.5 Å². The number of carboxylic acids is 1. The predicted molar refractivity (Wildman–Crippen MR) is 94.7 cm³/mol. The molecule has 0 aliphatic heterocycles. The number of hydrogen-bond acceptors (Lipinski definition) is 5. The van der Waals surface area contributed by atoms with Crippen LogP contribution >= 0.6 is 0 Å². The SMILES string of the molecule is CCC(=O)Oc1ccc(C(=O)Nc2ccc(CC(=O)O)cc2)cc1OC. The monoisotopic (exact) mass is 357 g/mol. The molecular weight excluding hydrogens is 338 g/mol. The highest BCUT2D eigenvalue weighted by molar-refractivity contribution is 6.04. The molecular formula is C19H19NO6. The Balaban J connectivity index is 2.11. The van der Waals surface area contributed by atoms with Gasteiger partial charge in [0.15, 0.2) is 11.5 Å². The lowest BCUT2D eigenvalue weighted by molar-refractivity contribution is -0.136. The molecule has 2 aromatic carbocycles. The maximum absolute atomic E-state index is 12.4. The van der Waals surface area contributed by atoms with Gasteiger partial charge in [0.2, 0.25) is 0 Å². The molecule has 0 aliphatic rings. The van der Waals surface area contributed by atoms with Crippen molar-refractivity contribution in [2.75, 3.05) is 12.4 Å². The number of nitrogens with one attached hydrogen (secondary N) is 1. The summed E-state index contributed by atoms with van der Waals surface area (Å²) in [5.74, 6) is -1.17. The fourth-order valence-corrected chi connectivity index (χ4v) is 2.17.